The lowest BCUT2D eigenvalue weighted by Crippen LogP contribution is -2.29. The largest absolute Gasteiger partial charge is 0.333 e. The molecule has 0 spiro atoms. The van der Waals surface area contributed by atoms with Crippen molar-refractivity contribution >= 4 is 32.9 Å². The monoisotopic (exact) mass is 389 g/mol. The molecule has 5 rings (SSSR count). The van der Waals surface area contributed by atoms with Gasteiger partial charge in [0.2, 0.25) is 0 Å². The van der Waals surface area contributed by atoms with E-state index >= 15 is 0 Å². The number of hydrogen-bond acceptors (Lipinski definition) is 1. The van der Waals surface area contributed by atoms with Gasteiger partial charge in [0.15, 0.2) is 0 Å². The van der Waals surface area contributed by atoms with Gasteiger partial charge < -0.3 is 4.90 Å². The molecule has 1 heteroatoms. The molecule has 148 valence electrons. The zero-order valence-electron chi connectivity index (χ0n) is 17.6. The van der Waals surface area contributed by atoms with Crippen molar-refractivity contribution in [3.63, 3.8) is 0 Å². The van der Waals surface area contributed by atoms with Crippen LogP contribution in [0.15, 0.2) is 109 Å². The van der Waals surface area contributed by atoms with Crippen LogP contribution in [0, 0.1) is 5.41 Å². The molecule has 1 aliphatic carbocycles. The van der Waals surface area contributed by atoms with Crippen LogP contribution in [0.2, 0.25) is 0 Å². The lowest BCUT2D eigenvalue weighted by atomic mass is 9.93. The molecule has 0 saturated carbocycles. The number of nitrogens with zero attached hydrogens (tertiary/aromatic N) is 1. The van der Waals surface area contributed by atoms with Crippen LogP contribution in [0.5, 0.6) is 0 Å². The van der Waals surface area contributed by atoms with E-state index in [2.05, 4.69) is 128 Å². The quantitative estimate of drug-likeness (QED) is 0.320. The maximum atomic E-state index is 2.53. The van der Waals surface area contributed by atoms with Crippen LogP contribution in [0.3, 0.4) is 0 Å². The second-order valence-electron chi connectivity index (χ2n) is 8.75. The predicted molar refractivity (Wildman–Crippen MR) is 131 cm³/mol. The molecular weight excluding hydrogens is 362 g/mol. The predicted octanol–water partition coefficient (Wildman–Crippen LogP) is 8.04. The Morgan fingerprint density at radius 2 is 1.20 bits per heavy atom. The van der Waals surface area contributed by atoms with Gasteiger partial charge in [-0.2, -0.15) is 0 Å². The van der Waals surface area contributed by atoms with Gasteiger partial charge in [0.05, 0.1) is 6.04 Å². The van der Waals surface area contributed by atoms with Crippen molar-refractivity contribution in [1.29, 1.82) is 0 Å². The zero-order chi connectivity index (χ0) is 20.6. The van der Waals surface area contributed by atoms with E-state index in [1.54, 1.807) is 0 Å². The van der Waals surface area contributed by atoms with E-state index in [4.69, 9.17) is 0 Å². The first-order valence-electron chi connectivity index (χ1n) is 10.7. The minimum Gasteiger partial charge on any atom is -0.333 e. The first-order valence-corrected chi connectivity index (χ1v) is 10.7. The third kappa shape index (κ3) is 3.41. The number of rotatable bonds is 3. The number of fused-ring (bicyclic) bond motifs is 2. The van der Waals surface area contributed by atoms with E-state index in [1.165, 1.54) is 32.9 Å². The normalized spacial score (nSPS) is 17.9. The van der Waals surface area contributed by atoms with Crippen molar-refractivity contribution in [2.45, 2.75) is 26.3 Å². The van der Waals surface area contributed by atoms with E-state index in [0.29, 0.717) is 0 Å². The lowest BCUT2D eigenvalue weighted by Gasteiger charge is -2.33. The topological polar surface area (TPSA) is 3.24 Å². The average molecular weight is 390 g/mol. The third-order valence-corrected chi connectivity index (χ3v) is 6.06. The number of benzene rings is 4. The van der Waals surface area contributed by atoms with Crippen molar-refractivity contribution in [1.82, 2.24) is 0 Å². The molecule has 30 heavy (non-hydrogen) atoms. The van der Waals surface area contributed by atoms with Crippen LogP contribution in [-0.4, -0.2) is 6.04 Å². The Morgan fingerprint density at radius 1 is 0.667 bits per heavy atom. The van der Waals surface area contributed by atoms with E-state index < -0.39 is 0 Å². The number of anilines is 2. The number of allylic oxidation sites excluding steroid dienone is 2. The minimum atomic E-state index is 0.0813. The Kier molecular flexibility index (Phi) is 4.67. The summed E-state index contributed by atoms with van der Waals surface area (Å²) in [6.45, 7) is 4.53. The van der Waals surface area contributed by atoms with Gasteiger partial charge in [-0.05, 0) is 29.3 Å². The molecule has 1 unspecified atom stereocenters. The van der Waals surface area contributed by atoms with Crippen LogP contribution in [-0.2, 0) is 0 Å². The fourth-order valence-corrected chi connectivity index (χ4v) is 4.52. The Hall–Kier alpha value is -3.32. The molecule has 1 aliphatic rings. The summed E-state index contributed by atoms with van der Waals surface area (Å²) in [5, 5.41) is 5.12. The van der Waals surface area contributed by atoms with Crippen LogP contribution in [0.1, 0.15) is 20.3 Å². The highest BCUT2D eigenvalue weighted by Crippen LogP contribution is 2.40. The zero-order valence-corrected chi connectivity index (χ0v) is 17.6. The molecule has 0 amide bonds. The van der Waals surface area contributed by atoms with Crippen LogP contribution in [0.25, 0.3) is 21.5 Å². The van der Waals surface area contributed by atoms with Crippen molar-refractivity contribution in [2.75, 3.05) is 4.90 Å². The average Bonchev–Trinajstić information content (AvgIpc) is 2.95. The van der Waals surface area contributed by atoms with Crippen molar-refractivity contribution < 1.29 is 0 Å². The van der Waals surface area contributed by atoms with Gasteiger partial charge in [-0.3, -0.25) is 0 Å². The molecule has 1 atom stereocenters. The highest BCUT2D eigenvalue weighted by Gasteiger charge is 2.24. The summed E-state index contributed by atoms with van der Waals surface area (Å²) in [6, 6.07) is 30.9. The van der Waals surface area contributed by atoms with Crippen molar-refractivity contribution in [2.24, 2.45) is 5.41 Å². The maximum absolute atomic E-state index is 2.53. The van der Waals surface area contributed by atoms with E-state index in [1.807, 2.05) is 0 Å². The molecule has 0 heterocycles. The number of hydrogen-bond donors (Lipinski definition) is 0. The van der Waals surface area contributed by atoms with Crippen molar-refractivity contribution in [3.8, 4) is 0 Å². The molecule has 0 saturated heterocycles. The molecule has 0 aliphatic heterocycles. The second kappa shape index (κ2) is 7.50. The fraction of sp³-hybridized carbons (Fsp3) is 0.172. The minimum absolute atomic E-state index is 0.0813. The summed E-state index contributed by atoms with van der Waals surface area (Å²) >= 11 is 0. The van der Waals surface area contributed by atoms with Gasteiger partial charge in [-0.25, -0.2) is 0 Å². The summed E-state index contributed by atoms with van der Waals surface area (Å²) in [4.78, 5) is 2.53. The Balaban J connectivity index is 1.77. The molecule has 4 aromatic rings. The van der Waals surface area contributed by atoms with Crippen molar-refractivity contribution in [3.05, 3.63) is 109 Å². The third-order valence-electron chi connectivity index (χ3n) is 6.06. The van der Waals surface area contributed by atoms with Crippen LogP contribution in [0.4, 0.5) is 11.4 Å². The first-order chi connectivity index (χ1) is 14.6. The highest BCUT2D eigenvalue weighted by atomic mass is 15.2. The fourth-order valence-electron chi connectivity index (χ4n) is 4.52. The molecule has 0 fully saturated rings. The summed E-state index contributed by atoms with van der Waals surface area (Å²) in [6.07, 6.45) is 10.4. The first kappa shape index (κ1) is 18.7. The van der Waals surface area contributed by atoms with Crippen LogP contribution >= 0.6 is 0 Å². The maximum Gasteiger partial charge on any atom is 0.0557 e. The van der Waals surface area contributed by atoms with E-state index in [0.717, 1.165) is 6.42 Å². The summed E-state index contributed by atoms with van der Waals surface area (Å²) in [7, 11) is 0. The van der Waals surface area contributed by atoms with Crippen LogP contribution < -0.4 is 4.90 Å². The van der Waals surface area contributed by atoms with Gasteiger partial charge in [0.25, 0.3) is 0 Å². The van der Waals surface area contributed by atoms with E-state index in [9.17, 15) is 0 Å². The van der Waals surface area contributed by atoms with Gasteiger partial charge >= 0.3 is 0 Å². The van der Waals surface area contributed by atoms with Gasteiger partial charge in [0, 0.05) is 27.6 Å². The molecule has 0 N–H and O–H groups in total. The summed E-state index contributed by atoms with van der Waals surface area (Å²) in [5.41, 5.74) is 2.59. The Morgan fingerprint density at radius 3 is 1.80 bits per heavy atom. The molecule has 0 radical (unpaired) electrons. The van der Waals surface area contributed by atoms with E-state index in [-0.39, 0.29) is 11.5 Å². The summed E-state index contributed by atoms with van der Waals surface area (Å²) < 4.78 is 0. The molecule has 0 bridgehead atoms. The standard InChI is InChI=1S/C29H27N/c1-29(2)20-9-14-24(19-21-29)30(27-17-7-12-22-10-3-5-15-25(22)27)28-18-8-13-23-11-4-6-16-26(23)28/h3-13,15-21,24H,14H2,1-2H3. The van der Waals surface area contributed by atoms with Gasteiger partial charge in [0.1, 0.15) is 0 Å². The molecule has 1 nitrogen and oxygen atoms in total. The van der Waals surface area contributed by atoms with Gasteiger partial charge in [-0.15, -0.1) is 0 Å². The smallest absolute Gasteiger partial charge is 0.0557 e. The second-order valence-corrected chi connectivity index (χ2v) is 8.75. The summed E-state index contributed by atoms with van der Waals surface area (Å²) in [5.74, 6) is 0. The molecule has 0 aromatic heterocycles. The lowest BCUT2D eigenvalue weighted by molar-refractivity contribution is 0.626. The molecular formula is C29H27N. The van der Waals surface area contributed by atoms with Gasteiger partial charge in [-0.1, -0.05) is 111 Å². The Bertz CT molecular complexity index is 1170. The SMILES string of the molecule is CC1(C)C=CCC(N(c2cccc3ccccc23)c2cccc3ccccc23)C=C1. The Labute approximate surface area is 179 Å². The molecule has 4 aromatic carbocycles. The highest BCUT2D eigenvalue weighted by molar-refractivity contribution is 6.02.